The van der Waals surface area contributed by atoms with Gasteiger partial charge in [0.1, 0.15) is 0 Å². The highest BCUT2D eigenvalue weighted by atomic mass is 16.6. The summed E-state index contributed by atoms with van der Waals surface area (Å²) in [5.41, 5.74) is 5.68. The monoisotopic (exact) mass is 239 g/mol. The molecule has 1 rings (SSSR count). The van der Waals surface area contributed by atoms with Gasteiger partial charge < -0.3 is 10.5 Å². The van der Waals surface area contributed by atoms with E-state index in [1.165, 1.54) is 44.9 Å². The van der Waals surface area contributed by atoms with Gasteiger partial charge in [0, 0.05) is 5.57 Å². The van der Waals surface area contributed by atoms with Gasteiger partial charge in [0.05, 0.1) is 12.7 Å². The summed E-state index contributed by atoms with van der Waals surface area (Å²) >= 11 is 0. The van der Waals surface area contributed by atoms with Crippen LogP contribution in [0.2, 0.25) is 0 Å². The lowest BCUT2D eigenvalue weighted by atomic mass is 10.0. The fraction of sp³-hybridized carbons (Fsp3) is 0.786. The third-order valence-corrected chi connectivity index (χ3v) is 3.26. The zero-order valence-corrected chi connectivity index (χ0v) is 10.7. The van der Waals surface area contributed by atoms with Crippen molar-refractivity contribution in [1.82, 2.24) is 0 Å². The Bertz CT molecular complexity index is 247. The van der Waals surface area contributed by atoms with Crippen molar-refractivity contribution in [1.29, 1.82) is 0 Å². The van der Waals surface area contributed by atoms with Crippen molar-refractivity contribution in [3.63, 3.8) is 0 Å². The van der Waals surface area contributed by atoms with Crippen LogP contribution in [0.5, 0.6) is 0 Å². The zero-order valence-electron chi connectivity index (χ0n) is 10.7. The number of carbonyl (C=O) groups excluding carboxylic acids is 1. The lowest BCUT2D eigenvalue weighted by Gasteiger charge is -2.02. The lowest BCUT2D eigenvalue weighted by molar-refractivity contribution is -0.114. The Morgan fingerprint density at radius 1 is 1.12 bits per heavy atom. The molecule has 1 aliphatic heterocycles. The molecular weight excluding hydrogens is 214 g/mol. The number of epoxide rings is 1. The van der Waals surface area contributed by atoms with E-state index in [-0.39, 0.29) is 5.91 Å². The molecule has 1 aliphatic rings. The van der Waals surface area contributed by atoms with Crippen LogP contribution in [0.15, 0.2) is 12.2 Å². The third kappa shape index (κ3) is 7.97. The number of primary amides is 1. The maximum atomic E-state index is 10.7. The SMILES string of the molecule is C=C(CCCCCCCCCC1CO1)C(N)=O. The minimum absolute atomic E-state index is 0.354. The van der Waals surface area contributed by atoms with E-state index >= 15 is 0 Å². The summed E-state index contributed by atoms with van der Waals surface area (Å²) in [6.45, 7) is 4.64. The van der Waals surface area contributed by atoms with E-state index in [1.54, 1.807) is 0 Å². The van der Waals surface area contributed by atoms with E-state index in [2.05, 4.69) is 6.58 Å². The number of hydrogen-bond donors (Lipinski definition) is 1. The van der Waals surface area contributed by atoms with Gasteiger partial charge in [-0.3, -0.25) is 4.79 Å². The topological polar surface area (TPSA) is 55.6 Å². The van der Waals surface area contributed by atoms with Crippen LogP contribution in [0.3, 0.4) is 0 Å². The molecule has 0 aromatic rings. The Morgan fingerprint density at radius 2 is 1.65 bits per heavy atom. The molecule has 98 valence electrons. The summed E-state index contributed by atoms with van der Waals surface area (Å²) in [5.74, 6) is -0.354. The summed E-state index contributed by atoms with van der Waals surface area (Å²) in [6, 6.07) is 0. The van der Waals surface area contributed by atoms with Crippen molar-refractivity contribution in [2.24, 2.45) is 5.73 Å². The number of unbranched alkanes of at least 4 members (excludes halogenated alkanes) is 6. The van der Waals surface area contributed by atoms with E-state index in [0.717, 1.165) is 19.4 Å². The van der Waals surface area contributed by atoms with Crippen molar-refractivity contribution >= 4 is 5.91 Å². The Kier molecular flexibility index (Phi) is 6.94. The minimum Gasteiger partial charge on any atom is -0.373 e. The molecule has 0 saturated carbocycles. The summed E-state index contributed by atoms with van der Waals surface area (Å²) in [6.07, 6.45) is 11.3. The van der Waals surface area contributed by atoms with Crippen LogP contribution in [0.1, 0.15) is 57.8 Å². The molecule has 0 aliphatic carbocycles. The van der Waals surface area contributed by atoms with Crippen LogP contribution in [-0.4, -0.2) is 18.6 Å². The first-order valence-electron chi connectivity index (χ1n) is 6.79. The fourth-order valence-electron chi connectivity index (χ4n) is 1.95. The van der Waals surface area contributed by atoms with E-state index in [4.69, 9.17) is 10.5 Å². The van der Waals surface area contributed by atoms with Gasteiger partial charge >= 0.3 is 0 Å². The molecular formula is C14H25NO2. The summed E-state index contributed by atoms with van der Waals surface area (Å²) in [5, 5.41) is 0. The maximum Gasteiger partial charge on any atom is 0.244 e. The van der Waals surface area contributed by atoms with Gasteiger partial charge in [-0.15, -0.1) is 0 Å². The average molecular weight is 239 g/mol. The molecule has 0 bridgehead atoms. The van der Waals surface area contributed by atoms with Gasteiger partial charge in [-0.05, 0) is 19.3 Å². The Labute approximate surface area is 104 Å². The summed E-state index contributed by atoms with van der Waals surface area (Å²) < 4.78 is 5.16. The van der Waals surface area contributed by atoms with E-state index in [0.29, 0.717) is 11.7 Å². The van der Waals surface area contributed by atoms with E-state index < -0.39 is 0 Å². The molecule has 3 heteroatoms. The minimum atomic E-state index is -0.354. The number of nitrogens with two attached hydrogens (primary N) is 1. The first-order chi connectivity index (χ1) is 8.20. The van der Waals surface area contributed by atoms with Crippen LogP contribution >= 0.6 is 0 Å². The predicted octanol–water partition coefficient (Wildman–Crippen LogP) is 2.94. The third-order valence-electron chi connectivity index (χ3n) is 3.26. The quantitative estimate of drug-likeness (QED) is 0.342. The molecule has 1 fully saturated rings. The van der Waals surface area contributed by atoms with Gasteiger partial charge in [0.15, 0.2) is 0 Å². The second-order valence-electron chi connectivity index (χ2n) is 4.94. The molecule has 1 unspecified atom stereocenters. The number of hydrogen-bond acceptors (Lipinski definition) is 2. The molecule has 0 aromatic carbocycles. The second-order valence-corrected chi connectivity index (χ2v) is 4.94. The molecule has 0 radical (unpaired) electrons. The van der Waals surface area contributed by atoms with Crippen molar-refractivity contribution in [2.45, 2.75) is 63.9 Å². The predicted molar refractivity (Wildman–Crippen MR) is 69.6 cm³/mol. The lowest BCUT2D eigenvalue weighted by Crippen LogP contribution is -2.12. The van der Waals surface area contributed by atoms with Gasteiger partial charge in [0.25, 0.3) is 0 Å². The Hall–Kier alpha value is -0.830. The summed E-state index contributed by atoms with van der Waals surface area (Å²) in [7, 11) is 0. The number of amides is 1. The highest BCUT2D eigenvalue weighted by Gasteiger charge is 2.20. The molecule has 0 aromatic heterocycles. The highest BCUT2D eigenvalue weighted by Crippen LogP contribution is 2.18. The van der Waals surface area contributed by atoms with Gasteiger partial charge in [-0.1, -0.05) is 45.1 Å². The van der Waals surface area contributed by atoms with Crippen molar-refractivity contribution < 1.29 is 9.53 Å². The van der Waals surface area contributed by atoms with Gasteiger partial charge in [0.2, 0.25) is 5.91 Å². The zero-order chi connectivity index (χ0) is 12.5. The molecule has 2 N–H and O–H groups in total. The highest BCUT2D eigenvalue weighted by molar-refractivity contribution is 5.91. The van der Waals surface area contributed by atoms with Crippen molar-refractivity contribution in [3.05, 3.63) is 12.2 Å². The van der Waals surface area contributed by atoms with Crippen LogP contribution in [-0.2, 0) is 9.53 Å². The molecule has 1 saturated heterocycles. The number of carbonyl (C=O) groups is 1. The van der Waals surface area contributed by atoms with Crippen molar-refractivity contribution in [2.75, 3.05) is 6.61 Å². The van der Waals surface area contributed by atoms with Crippen molar-refractivity contribution in [3.8, 4) is 0 Å². The Balaban J connectivity index is 1.74. The molecule has 1 amide bonds. The Morgan fingerprint density at radius 3 is 2.18 bits per heavy atom. The van der Waals surface area contributed by atoms with Gasteiger partial charge in [-0.2, -0.15) is 0 Å². The van der Waals surface area contributed by atoms with Crippen LogP contribution < -0.4 is 5.73 Å². The van der Waals surface area contributed by atoms with Crippen LogP contribution in [0.25, 0.3) is 0 Å². The first kappa shape index (κ1) is 14.2. The standard InChI is InChI=1S/C14H25NO2/c1-12(14(15)16)9-7-5-3-2-4-6-8-10-13-11-17-13/h13H,1-11H2,(H2,15,16). The average Bonchev–Trinajstić information content (AvgIpc) is 3.10. The number of ether oxygens (including phenoxy) is 1. The van der Waals surface area contributed by atoms with E-state index in [1.807, 2.05) is 0 Å². The van der Waals surface area contributed by atoms with E-state index in [9.17, 15) is 4.79 Å². The molecule has 0 spiro atoms. The number of rotatable bonds is 11. The normalized spacial score (nSPS) is 18.0. The fourth-order valence-corrected chi connectivity index (χ4v) is 1.95. The second kappa shape index (κ2) is 8.29. The molecule has 1 atom stereocenters. The van der Waals surface area contributed by atoms with Crippen LogP contribution in [0.4, 0.5) is 0 Å². The largest absolute Gasteiger partial charge is 0.373 e. The summed E-state index contributed by atoms with van der Waals surface area (Å²) in [4.78, 5) is 10.7. The maximum absolute atomic E-state index is 10.7. The molecule has 17 heavy (non-hydrogen) atoms. The smallest absolute Gasteiger partial charge is 0.244 e. The van der Waals surface area contributed by atoms with Crippen LogP contribution in [0, 0.1) is 0 Å². The first-order valence-corrected chi connectivity index (χ1v) is 6.79. The molecule has 3 nitrogen and oxygen atoms in total. The van der Waals surface area contributed by atoms with Gasteiger partial charge in [-0.25, -0.2) is 0 Å². The molecule has 1 heterocycles.